The number of nitrogens with one attached hydrogen (secondary N) is 1. The van der Waals surface area contributed by atoms with E-state index in [-0.39, 0.29) is 5.78 Å². The highest BCUT2D eigenvalue weighted by Gasteiger charge is 2.23. The molecular weight excluding hydrogens is 242 g/mol. The fourth-order valence-electron chi connectivity index (χ4n) is 2.20. The van der Waals surface area contributed by atoms with Crippen molar-refractivity contribution in [1.82, 2.24) is 0 Å². The summed E-state index contributed by atoms with van der Waals surface area (Å²) in [5, 5.41) is 3.06. The highest BCUT2D eigenvalue weighted by Crippen LogP contribution is 2.32. The van der Waals surface area contributed by atoms with Crippen LogP contribution >= 0.6 is 0 Å². The highest BCUT2D eigenvalue weighted by molar-refractivity contribution is 6.16. The van der Waals surface area contributed by atoms with Gasteiger partial charge in [-0.2, -0.15) is 0 Å². The van der Waals surface area contributed by atoms with Crippen molar-refractivity contribution in [2.24, 2.45) is 0 Å². The maximum absolute atomic E-state index is 12.6. The zero-order chi connectivity index (χ0) is 13.4. The summed E-state index contributed by atoms with van der Waals surface area (Å²) in [6.07, 6.45) is 0. The topological polar surface area (TPSA) is 55.4 Å². The molecule has 0 bridgehead atoms. The number of fused-ring (bicyclic) bond motifs is 1. The van der Waals surface area contributed by atoms with E-state index in [4.69, 9.17) is 9.15 Å². The molecule has 19 heavy (non-hydrogen) atoms. The number of hydrogen-bond donors (Lipinski definition) is 1. The molecule has 0 spiro atoms. The van der Waals surface area contributed by atoms with Gasteiger partial charge in [0.2, 0.25) is 11.2 Å². The first-order chi connectivity index (χ1) is 9.22. The van der Waals surface area contributed by atoms with E-state index in [9.17, 15) is 4.79 Å². The molecule has 0 unspecified atom stereocenters. The molecule has 0 saturated carbocycles. The van der Waals surface area contributed by atoms with Crippen LogP contribution in [-0.4, -0.2) is 12.8 Å². The van der Waals surface area contributed by atoms with E-state index in [1.807, 2.05) is 38.2 Å². The van der Waals surface area contributed by atoms with Gasteiger partial charge in [-0.25, -0.2) is 0 Å². The first-order valence-electron chi connectivity index (χ1n) is 6.02. The highest BCUT2D eigenvalue weighted by atomic mass is 17.0. The first kappa shape index (κ1) is 11.6. The van der Waals surface area contributed by atoms with Crippen LogP contribution < -0.4 is 5.32 Å². The minimum Gasteiger partial charge on any atom is -0.388 e. The van der Waals surface area contributed by atoms with Crippen LogP contribution in [0.15, 0.2) is 45.6 Å². The summed E-state index contributed by atoms with van der Waals surface area (Å²) in [5.41, 5.74) is 4.02. The molecule has 96 valence electrons. The van der Waals surface area contributed by atoms with E-state index in [2.05, 4.69) is 5.32 Å². The molecule has 1 heterocycles. The number of ketones is 1. The van der Waals surface area contributed by atoms with Crippen molar-refractivity contribution in [3.63, 3.8) is 0 Å². The predicted octanol–water partition coefficient (Wildman–Crippen LogP) is 3.61. The van der Waals surface area contributed by atoms with Crippen molar-refractivity contribution in [1.29, 1.82) is 0 Å². The number of hydrogen-bond acceptors (Lipinski definition) is 4. The monoisotopic (exact) mass is 255 g/mol. The lowest BCUT2D eigenvalue weighted by atomic mass is 9.97. The van der Waals surface area contributed by atoms with Crippen LogP contribution in [0.4, 0.5) is 5.69 Å². The number of rotatable bonds is 3. The minimum atomic E-state index is -0.0604. The van der Waals surface area contributed by atoms with Gasteiger partial charge in [-0.05, 0) is 12.5 Å². The molecule has 0 atom stereocenters. The maximum atomic E-state index is 12.6. The minimum absolute atomic E-state index is 0.0604. The van der Waals surface area contributed by atoms with Gasteiger partial charge in [0, 0.05) is 24.4 Å². The van der Waals surface area contributed by atoms with Gasteiger partial charge in [-0.3, -0.25) is 13.9 Å². The van der Waals surface area contributed by atoms with Crippen LogP contribution in [0.5, 0.6) is 0 Å². The molecular formula is C15H13NO3. The number of benzene rings is 2. The van der Waals surface area contributed by atoms with E-state index in [0.717, 1.165) is 11.3 Å². The molecule has 3 aromatic rings. The van der Waals surface area contributed by atoms with Gasteiger partial charge < -0.3 is 5.32 Å². The maximum Gasteiger partial charge on any atom is 0.237 e. The second kappa shape index (κ2) is 4.31. The quantitative estimate of drug-likeness (QED) is 0.573. The van der Waals surface area contributed by atoms with E-state index in [1.165, 1.54) is 0 Å². The number of anilines is 1. The Morgan fingerprint density at radius 2 is 1.89 bits per heavy atom. The zero-order valence-corrected chi connectivity index (χ0v) is 10.7. The summed E-state index contributed by atoms with van der Waals surface area (Å²) in [5.74, 6) is -0.0604. The van der Waals surface area contributed by atoms with Gasteiger partial charge in [0.1, 0.15) is 0 Å². The average molecular weight is 255 g/mol. The van der Waals surface area contributed by atoms with Crippen LogP contribution in [0.2, 0.25) is 0 Å². The SMILES string of the molecule is CNc1cc2ooc2c(C(=O)c2ccccc2)c1C. The third-order valence-electron chi connectivity index (χ3n) is 3.25. The number of carbonyl (C=O) groups excluding carboxylic acids is 1. The second-order valence-corrected chi connectivity index (χ2v) is 4.36. The Morgan fingerprint density at radius 1 is 1.16 bits per heavy atom. The van der Waals surface area contributed by atoms with Gasteiger partial charge in [0.25, 0.3) is 0 Å². The average Bonchev–Trinajstić information content (AvgIpc) is 2.43. The lowest BCUT2D eigenvalue weighted by Gasteiger charge is -2.13. The summed E-state index contributed by atoms with van der Waals surface area (Å²) >= 11 is 0. The van der Waals surface area contributed by atoms with Crippen molar-refractivity contribution in [3.05, 3.63) is 53.1 Å². The second-order valence-electron chi connectivity index (χ2n) is 4.36. The van der Waals surface area contributed by atoms with Crippen molar-refractivity contribution < 1.29 is 13.9 Å². The van der Waals surface area contributed by atoms with E-state index in [1.54, 1.807) is 12.1 Å². The Bertz CT molecular complexity index is 737. The predicted molar refractivity (Wildman–Crippen MR) is 72.6 cm³/mol. The molecule has 4 nitrogen and oxygen atoms in total. The largest absolute Gasteiger partial charge is 0.388 e. The molecule has 0 radical (unpaired) electrons. The van der Waals surface area contributed by atoms with Crippen molar-refractivity contribution in [2.75, 3.05) is 12.4 Å². The van der Waals surface area contributed by atoms with Gasteiger partial charge in [-0.1, -0.05) is 30.3 Å². The smallest absolute Gasteiger partial charge is 0.237 e. The van der Waals surface area contributed by atoms with Crippen LogP contribution in [-0.2, 0) is 0 Å². The molecule has 0 fully saturated rings. The van der Waals surface area contributed by atoms with Crippen LogP contribution in [0.1, 0.15) is 21.5 Å². The standard InChI is InChI=1S/C15H13NO3/c1-9-11(16-2)8-12-15(19-18-12)13(9)14(17)10-6-4-3-5-7-10/h3-8,16H,1-2H3. The molecule has 1 N–H and O–H groups in total. The molecule has 0 aliphatic rings. The third kappa shape index (κ3) is 1.73. The molecule has 3 rings (SSSR count). The molecule has 1 aromatic heterocycles. The summed E-state index contributed by atoms with van der Waals surface area (Å²) in [7, 11) is 1.81. The Kier molecular flexibility index (Phi) is 2.63. The molecule has 0 amide bonds. The summed E-state index contributed by atoms with van der Waals surface area (Å²) < 4.78 is 9.89. The fraction of sp³-hybridized carbons (Fsp3) is 0.133. The zero-order valence-electron chi connectivity index (χ0n) is 10.7. The summed E-state index contributed by atoms with van der Waals surface area (Å²) in [6, 6.07) is 11.0. The number of carbonyl (C=O) groups is 1. The Balaban J connectivity index is 2.20. The van der Waals surface area contributed by atoms with Crippen LogP contribution in [0.25, 0.3) is 11.2 Å². The Morgan fingerprint density at radius 3 is 2.47 bits per heavy atom. The van der Waals surface area contributed by atoms with Crippen molar-refractivity contribution >= 4 is 22.6 Å². The van der Waals surface area contributed by atoms with Crippen LogP contribution in [0, 0.1) is 6.92 Å². The molecule has 0 aliphatic heterocycles. The van der Waals surface area contributed by atoms with Gasteiger partial charge in [-0.15, -0.1) is 0 Å². The normalized spacial score (nSPS) is 10.8. The molecule has 0 saturated heterocycles. The lowest BCUT2D eigenvalue weighted by molar-refractivity contribution is 0.0577. The van der Waals surface area contributed by atoms with Gasteiger partial charge in [0.05, 0.1) is 5.56 Å². The fourth-order valence-corrected chi connectivity index (χ4v) is 2.20. The van der Waals surface area contributed by atoms with E-state index >= 15 is 0 Å². The Hall–Kier alpha value is -2.49. The third-order valence-corrected chi connectivity index (χ3v) is 3.25. The van der Waals surface area contributed by atoms with Gasteiger partial charge >= 0.3 is 0 Å². The first-order valence-corrected chi connectivity index (χ1v) is 6.02. The lowest BCUT2D eigenvalue weighted by Crippen LogP contribution is -2.07. The van der Waals surface area contributed by atoms with E-state index < -0.39 is 0 Å². The molecule has 2 aromatic carbocycles. The van der Waals surface area contributed by atoms with Crippen LogP contribution in [0.3, 0.4) is 0 Å². The summed E-state index contributed by atoms with van der Waals surface area (Å²) in [4.78, 5) is 12.6. The van der Waals surface area contributed by atoms with Crippen molar-refractivity contribution in [3.8, 4) is 0 Å². The van der Waals surface area contributed by atoms with Crippen molar-refractivity contribution in [2.45, 2.75) is 6.92 Å². The van der Waals surface area contributed by atoms with Gasteiger partial charge in [0.15, 0.2) is 5.78 Å². The Labute approximate surface area is 109 Å². The van der Waals surface area contributed by atoms with E-state index in [0.29, 0.717) is 22.3 Å². The molecule has 0 aliphatic carbocycles. The molecule has 4 heteroatoms. The summed E-state index contributed by atoms with van der Waals surface area (Å²) in [6.45, 7) is 1.89.